The van der Waals surface area contributed by atoms with Crippen molar-refractivity contribution < 1.29 is 19.4 Å². The van der Waals surface area contributed by atoms with Gasteiger partial charge in [-0.3, -0.25) is 9.78 Å². The number of carboxylic acids is 1. The van der Waals surface area contributed by atoms with E-state index in [0.29, 0.717) is 4.88 Å². The number of hydrogen-bond donors (Lipinski definition) is 2. The van der Waals surface area contributed by atoms with Crippen LogP contribution in [0.5, 0.6) is 0 Å². The van der Waals surface area contributed by atoms with Crippen LogP contribution in [0.4, 0.5) is 4.79 Å². The maximum Gasteiger partial charge on any atom is 0.407 e. The Hall–Kier alpha value is -3.19. The van der Waals surface area contributed by atoms with Crippen molar-refractivity contribution in [1.29, 1.82) is 0 Å². The number of aliphatic carboxylic acids is 1. The van der Waals surface area contributed by atoms with Gasteiger partial charge < -0.3 is 15.2 Å². The number of carbonyl (C=O) groups is 2. The Kier molecular flexibility index (Phi) is 5.08. The highest BCUT2D eigenvalue weighted by atomic mass is 32.1. The van der Waals surface area contributed by atoms with Crippen molar-refractivity contribution in [1.82, 2.24) is 10.3 Å². The molecule has 0 fully saturated rings. The van der Waals surface area contributed by atoms with E-state index in [-0.39, 0.29) is 18.9 Å². The monoisotopic (exact) mass is 394 g/mol. The van der Waals surface area contributed by atoms with Crippen molar-refractivity contribution in [3.05, 3.63) is 76.2 Å². The quantitative estimate of drug-likeness (QED) is 0.654. The van der Waals surface area contributed by atoms with Crippen LogP contribution >= 0.6 is 11.3 Å². The van der Waals surface area contributed by atoms with Crippen LogP contribution in [-0.2, 0) is 9.53 Å². The average Bonchev–Trinajstić information content (AvgIpc) is 3.32. The Morgan fingerprint density at radius 1 is 1.11 bits per heavy atom. The Balaban J connectivity index is 1.47. The van der Waals surface area contributed by atoms with Gasteiger partial charge in [0.1, 0.15) is 6.61 Å². The smallest absolute Gasteiger partial charge is 0.407 e. The molecular formula is C21H18N2O4S. The van der Waals surface area contributed by atoms with Crippen LogP contribution in [0.1, 0.15) is 34.4 Å². The Labute approximate surface area is 165 Å². The van der Waals surface area contributed by atoms with E-state index in [9.17, 15) is 9.59 Å². The predicted molar refractivity (Wildman–Crippen MR) is 105 cm³/mol. The number of hydrogen-bond acceptors (Lipinski definition) is 5. The molecule has 0 saturated carbocycles. The van der Waals surface area contributed by atoms with E-state index in [1.54, 1.807) is 11.7 Å². The summed E-state index contributed by atoms with van der Waals surface area (Å²) in [4.78, 5) is 28.1. The number of nitrogens with one attached hydrogen (secondary N) is 1. The molecule has 7 heteroatoms. The molecule has 1 aliphatic carbocycles. The third-order valence-electron chi connectivity index (χ3n) is 4.81. The predicted octanol–water partition coefficient (Wildman–Crippen LogP) is 4.20. The first kappa shape index (κ1) is 18.2. The average molecular weight is 394 g/mol. The number of carboxylic acid groups (broad SMARTS) is 1. The summed E-state index contributed by atoms with van der Waals surface area (Å²) in [6.07, 6.45) is 0.690. The lowest BCUT2D eigenvalue weighted by Crippen LogP contribution is -2.31. The molecular weight excluding hydrogens is 376 g/mol. The number of thiazole rings is 1. The summed E-state index contributed by atoms with van der Waals surface area (Å²) in [6, 6.07) is 15.5. The highest BCUT2D eigenvalue weighted by Gasteiger charge is 2.29. The molecule has 1 atom stereocenters. The Morgan fingerprint density at radius 3 is 2.32 bits per heavy atom. The minimum atomic E-state index is -1.00. The van der Waals surface area contributed by atoms with Crippen LogP contribution in [0, 0.1) is 0 Å². The number of benzene rings is 2. The molecule has 1 aliphatic rings. The summed E-state index contributed by atoms with van der Waals surface area (Å²) in [5.74, 6) is -1.04. The number of nitrogens with zero attached hydrogens (tertiary/aromatic N) is 1. The molecule has 142 valence electrons. The molecule has 2 N–H and O–H groups in total. The zero-order valence-electron chi connectivity index (χ0n) is 14.9. The van der Waals surface area contributed by atoms with E-state index in [1.165, 1.54) is 11.3 Å². The lowest BCUT2D eigenvalue weighted by atomic mass is 9.98. The summed E-state index contributed by atoms with van der Waals surface area (Å²) in [6.45, 7) is 0.183. The first-order chi connectivity index (χ1) is 13.6. The zero-order chi connectivity index (χ0) is 19.5. The molecule has 2 aromatic carbocycles. The van der Waals surface area contributed by atoms with Gasteiger partial charge in [-0.1, -0.05) is 48.5 Å². The fraction of sp³-hybridized carbons (Fsp3) is 0.190. The third kappa shape index (κ3) is 3.61. The van der Waals surface area contributed by atoms with E-state index in [0.717, 1.165) is 22.3 Å². The maximum absolute atomic E-state index is 12.4. The van der Waals surface area contributed by atoms with Gasteiger partial charge in [-0.2, -0.15) is 0 Å². The summed E-state index contributed by atoms with van der Waals surface area (Å²) in [5.41, 5.74) is 6.16. The second-order valence-electron chi connectivity index (χ2n) is 6.52. The largest absolute Gasteiger partial charge is 0.481 e. The summed E-state index contributed by atoms with van der Waals surface area (Å²) >= 11 is 1.30. The number of aromatic nitrogens is 1. The van der Waals surface area contributed by atoms with Crippen LogP contribution in [0.2, 0.25) is 0 Å². The van der Waals surface area contributed by atoms with Gasteiger partial charge in [0.05, 0.1) is 18.0 Å². The number of rotatable bonds is 6. The molecule has 0 bridgehead atoms. The molecule has 4 rings (SSSR count). The van der Waals surface area contributed by atoms with E-state index >= 15 is 0 Å². The lowest BCUT2D eigenvalue weighted by Gasteiger charge is -2.18. The molecule has 3 aromatic rings. The number of ether oxygens (including phenoxy) is 1. The topological polar surface area (TPSA) is 88.5 Å². The molecule has 0 spiro atoms. The molecule has 0 aliphatic heterocycles. The van der Waals surface area contributed by atoms with Crippen LogP contribution in [0.25, 0.3) is 11.1 Å². The van der Waals surface area contributed by atoms with Crippen LogP contribution in [0.3, 0.4) is 0 Å². The molecule has 6 nitrogen and oxygen atoms in total. The van der Waals surface area contributed by atoms with Gasteiger partial charge in [-0.25, -0.2) is 4.79 Å². The molecule has 0 saturated heterocycles. The SMILES string of the molecule is O=C(O)C[C@H](NC(=O)OCC1c2ccccc2-c2ccccc21)c1cncs1. The van der Waals surface area contributed by atoms with Crippen molar-refractivity contribution in [3.63, 3.8) is 0 Å². The van der Waals surface area contributed by atoms with E-state index in [2.05, 4.69) is 22.4 Å². The second-order valence-corrected chi connectivity index (χ2v) is 7.44. The molecule has 1 heterocycles. The second kappa shape index (κ2) is 7.82. The minimum absolute atomic E-state index is 0.0421. The lowest BCUT2D eigenvalue weighted by molar-refractivity contribution is -0.137. The van der Waals surface area contributed by atoms with Gasteiger partial charge in [0.2, 0.25) is 0 Å². The first-order valence-electron chi connectivity index (χ1n) is 8.85. The first-order valence-corrected chi connectivity index (χ1v) is 9.73. The Bertz CT molecular complexity index is 958. The van der Waals surface area contributed by atoms with Crippen LogP contribution in [0.15, 0.2) is 60.2 Å². The standard InChI is InChI=1S/C21H18N2O4S/c24-20(25)9-18(19-10-22-12-28-19)23-21(26)27-11-17-15-7-3-1-5-13(15)14-6-2-4-8-16(14)17/h1-8,10,12,17-18H,9,11H2,(H,23,26)(H,24,25)/t18-/m0/s1. The van der Waals surface area contributed by atoms with E-state index in [1.807, 2.05) is 36.4 Å². The molecule has 1 aromatic heterocycles. The summed E-state index contributed by atoms with van der Waals surface area (Å²) in [5, 5.41) is 11.8. The van der Waals surface area contributed by atoms with Crippen molar-refractivity contribution in [2.24, 2.45) is 0 Å². The van der Waals surface area contributed by atoms with Gasteiger partial charge in [-0.15, -0.1) is 11.3 Å². The number of fused-ring (bicyclic) bond motifs is 3. The fourth-order valence-corrected chi connectivity index (χ4v) is 4.25. The third-order valence-corrected chi connectivity index (χ3v) is 5.70. The fourth-order valence-electron chi connectivity index (χ4n) is 3.58. The number of carbonyl (C=O) groups excluding carboxylic acids is 1. The highest BCUT2D eigenvalue weighted by Crippen LogP contribution is 2.44. The summed E-state index contributed by atoms with van der Waals surface area (Å²) < 4.78 is 5.49. The van der Waals surface area contributed by atoms with E-state index in [4.69, 9.17) is 9.84 Å². The van der Waals surface area contributed by atoms with Crippen LogP contribution < -0.4 is 5.32 Å². The van der Waals surface area contributed by atoms with Gasteiger partial charge >= 0.3 is 12.1 Å². The molecule has 0 radical (unpaired) electrons. The van der Waals surface area contributed by atoms with Gasteiger partial charge in [0.15, 0.2) is 0 Å². The normalized spacial score (nSPS) is 13.4. The van der Waals surface area contributed by atoms with Crippen molar-refractivity contribution in [2.45, 2.75) is 18.4 Å². The van der Waals surface area contributed by atoms with Crippen molar-refractivity contribution in [2.75, 3.05) is 6.61 Å². The van der Waals surface area contributed by atoms with Gasteiger partial charge in [0, 0.05) is 17.0 Å². The van der Waals surface area contributed by atoms with Crippen LogP contribution in [-0.4, -0.2) is 28.8 Å². The molecule has 0 unspecified atom stereocenters. The van der Waals surface area contributed by atoms with Crippen molar-refractivity contribution in [3.8, 4) is 11.1 Å². The zero-order valence-corrected chi connectivity index (χ0v) is 15.7. The number of amides is 1. The van der Waals surface area contributed by atoms with Crippen molar-refractivity contribution >= 4 is 23.4 Å². The number of alkyl carbamates (subject to hydrolysis) is 1. The van der Waals surface area contributed by atoms with E-state index < -0.39 is 18.1 Å². The molecule has 28 heavy (non-hydrogen) atoms. The summed E-state index contributed by atoms with van der Waals surface area (Å²) in [7, 11) is 0. The minimum Gasteiger partial charge on any atom is -0.481 e. The van der Waals surface area contributed by atoms with Gasteiger partial charge in [0.25, 0.3) is 0 Å². The maximum atomic E-state index is 12.4. The Morgan fingerprint density at radius 2 is 1.75 bits per heavy atom. The molecule has 1 amide bonds. The highest BCUT2D eigenvalue weighted by molar-refractivity contribution is 7.09. The van der Waals surface area contributed by atoms with Gasteiger partial charge in [-0.05, 0) is 22.3 Å².